The highest BCUT2D eigenvalue weighted by atomic mass is 127. The van der Waals surface area contributed by atoms with Crippen LogP contribution >= 0.6 is 24.0 Å². The molecule has 0 unspecified atom stereocenters. The van der Waals surface area contributed by atoms with Gasteiger partial charge in [-0.2, -0.15) is 0 Å². The van der Waals surface area contributed by atoms with E-state index in [2.05, 4.69) is 10.3 Å². The summed E-state index contributed by atoms with van der Waals surface area (Å²) in [5.41, 5.74) is 0.549. The number of guanidine groups is 1. The summed E-state index contributed by atoms with van der Waals surface area (Å²) in [7, 11) is -3.14. The monoisotopic (exact) mass is 487 g/mol. The van der Waals surface area contributed by atoms with E-state index >= 15 is 0 Å². The lowest BCUT2D eigenvalue weighted by molar-refractivity contribution is 0.353. The van der Waals surface area contributed by atoms with Crippen molar-refractivity contribution in [3.8, 4) is 0 Å². The van der Waals surface area contributed by atoms with Crippen LogP contribution in [-0.4, -0.2) is 49.4 Å². The number of aliphatic imine (C=N–C) groups is 1. The molecule has 0 bridgehead atoms. The molecule has 142 valence electrons. The summed E-state index contributed by atoms with van der Waals surface area (Å²) in [6.45, 7) is 6.82. The maximum absolute atomic E-state index is 13.3. The first-order valence-electron chi connectivity index (χ1n) is 7.86. The van der Waals surface area contributed by atoms with Crippen LogP contribution in [0.25, 0.3) is 0 Å². The number of halogens is 3. The van der Waals surface area contributed by atoms with Crippen molar-refractivity contribution >= 4 is 39.8 Å². The van der Waals surface area contributed by atoms with Gasteiger partial charge in [0.1, 0.15) is 0 Å². The third kappa shape index (κ3) is 5.25. The Kier molecular flexibility index (Phi) is 7.60. The van der Waals surface area contributed by atoms with Gasteiger partial charge in [-0.15, -0.1) is 24.0 Å². The van der Waals surface area contributed by atoms with E-state index in [0.29, 0.717) is 31.2 Å². The zero-order chi connectivity index (χ0) is 18.0. The van der Waals surface area contributed by atoms with Crippen LogP contribution in [0, 0.1) is 11.6 Å². The number of hydrogen-bond donors (Lipinski definition) is 1. The van der Waals surface area contributed by atoms with Crippen molar-refractivity contribution < 1.29 is 17.2 Å². The molecule has 1 aliphatic rings. The van der Waals surface area contributed by atoms with Crippen LogP contribution in [0.3, 0.4) is 0 Å². The van der Waals surface area contributed by atoms with Crippen molar-refractivity contribution in [3.05, 3.63) is 35.4 Å². The molecule has 0 aromatic heterocycles. The molecule has 1 saturated heterocycles. The fourth-order valence-electron chi connectivity index (χ4n) is 2.55. The quantitative estimate of drug-likeness (QED) is 0.405. The normalized spacial score (nSPS) is 19.2. The molecule has 0 saturated carbocycles. The molecule has 2 rings (SSSR count). The van der Waals surface area contributed by atoms with Gasteiger partial charge in [0.25, 0.3) is 0 Å². The molecule has 9 heteroatoms. The fourth-order valence-corrected chi connectivity index (χ4v) is 3.92. The Morgan fingerprint density at radius 1 is 1.32 bits per heavy atom. The Labute approximate surface area is 164 Å². The SMILES string of the molecule is CCNC(=NCc1ccc(F)c(F)c1)N1CCS(=O)(=O)C(C)(C)C1.I. The molecular formula is C16H24F2IN3O2S. The highest BCUT2D eigenvalue weighted by Gasteiger charge is 2.40. The van der Waals surface area contributed by atoms with E-state index < -0.39 is 26.2 Å². The maximum atomic E-state index is 13.3. The van der Waals surface area contributed by atoms with Crippen LogP contribution < -0.4 is 5.32 Å². The molecular weight excluding hydrogens is 463 g/mol. The molecule has 1 aromatic carbocycles. The van der Waals surface area contributed by atoms with Crippen LogP contribution in [0.2, 0.25) is 0 Å². The topological polar surface area (TPSA) is 61.8 Å². The maximum Gasteiger partial charge on any atom is 0.194 e. The first-order chi connectivity index (χ1) is 11.2. The number of hydrogen-bond acceptors (Lipinski definition) is 3. The molecule has 1 aliphatic heterocycles. The van der Waals surface area contributed by atoms with Crippen molar-refractivity contribution in [2.24, 2.45) is 4.99 Å². The van der Waals surface area contributed by atoms with E-state index in [0.717, 1.165) is 12.1 Å². The van der Waals surface area contributed by atoms with Crippen molar-refractivity contribution in [3.63, 3.8) is 0 Å². The molecule has 1 fully saturated rings. The third-order valence-corrected chi connectivity index (χ3v) is 6.61. The van der Waals surface area contributed by atoms with Gasteiger partial charge < -0.3 is 10.2 Å². The molecule has 0 atom stereocenters. The van der Waals surface area contributed by atoms with Crippen molar-refractivity contribution in [1.82, 2.24) is 10.2 Å². The van der Waals surface area contributed by atoms with Crippen molar-refractivity contribution in [1.29, 1.82) is 0 Å². The number of nitrogens with one attached hydrogen (secondary N) is 1. The Balaban J connectivity index is 0.00000312. The lowest BCUT2D eigenvalue weighted by atomic mass is 10.2. The van der Waals surface area contributed by atoms with Gasteiger partial charge in [-0.3, -0.25) is 0 Å². The summed E-state index contributed by atoms with van der Waals surface area (Å²) in [6.07, 6.45) is 0. The average Bonchev–Trinajstić information content (AvgIpc) is 2.50. The molecule has 0 aliphatic carbocycles. The van der Waals surface area contributed by atoms with Gasteiger partial charge in [-0.05, 0) is 38.5 Å². The summed E-state index contributed by atoms with van der Waals surface area (Å²) in [5, 5.41) is 3.13. The molecule has 1 heterocycles. The van der Waals surface area contributed by atoms with Crippen LogP contribution in [0.5, 0.6) is 0 Å². The fraction of sp³-hybridized carbons (Fsp3) is 0.562. The lowest BCUT2D eigenvalue weighted by Crippen LogP contribution is -2.57. The molecule has 0 radical (unpaired) electrons. The van der Waals surface area contributed by atoms with Gasteiger partial charge in [0.2, 0.25) is 0 Å². The number of rotatable bonds is 3. The highest BCUT2D eigenvalue weighted by molar-refractivity contribution is 14.0. The molecule has 1 N–H and O–H groups in total. The largest absolute Gasteiger partial charge is 0.357 e. The molecule has 0 spiro atoms. The zero-order valence-electron chi connectivity index (χ0n) is 14.6. The van der Waals surface area contributed by atoms with E-state index in [1.807, 2.05) is 11.8 Å². The minimum atomic E-state index is -3.14. The predicted octanol–water partition coefficient (Wildman–Crippen LogP) is 2.56. The van der Waals surface area contributed by atoms with Crippen molar-refractivity contribution in [2.45, 2.75) is 32.1 Å². The van der Waals surface area contributed by atoms with Crippen LogP contribution in [0.4, 0.5) is 8.78 Å². The number of nitrogens with zero attached hydrogens (tertiary/aromatic N) is 2. The lowest BCUT2D eigenvalue weighted by Gasteiger charge is -2.39. The highest BCUT2D eigenvalue weighted by Crippen LogP contribution is 2.23. The summed E-state index contributed by atoms with van der Waals surface area (Å²) in [5.74, 6) is -1.16. The van der Waals surface area contributed by atoms with Crippen LogP contribution in [0.15, 0.2) is 23.2 Å². The van der Waals surface area contributed by atoms with Gasteiger partial charge in [0, 0.05) is 19.6 Å². The second-order valence-corrected chi connectivity index (χ2v) is 9.16. The summed E-state index contributed by atoms with van der Waals surface area (Å²) < 4.78 is 49.6. The van der Waals surface area contributed by atoms with Crippen molar-refractivity contribution in [2.75, 3.05) is 25.4 Å². The smallest absolute Gasteiger partial charge is 0.194 e. The van der Waals surface area contributed by atoms with Gasteiger partial charge >= 0.3 is 0 Å². The number of benzene rings is 1. The van der Waals surface area contributed by atoms with E-state index in [4.69, 9.17) is 0 Å². The van der Waals surface area contributed by atoms with Gasteiger partial charge in [-0.1, -0.05) is 6.07 Å². The standard InChI is InChI=1S/C16H23F2N3O2S.HI/c1-4-19-15(20-10-12-5-6-13(17)14(18)9-12)21-7-8-24(22,23)16(2,3)11-21;/h5-6,9H,4,7-8,10-11H2,1-3H3,(H,19,20);1H. The van der Waals surface area contributed by atoms with Crippen LogP contribution in [-0.2, 0) is 16.4 Å². The van der Waals surface area contributed by atoms with E-state index in [1.165, 1.54) is 6.07 Å². The van der Waals surface area contributed by atoms with Gasteiger partial charge in [-0.25, -0.2) is 22.2 Å². The minimum Gasteiger partial charge on any atom is -0.357 e. The van der Waals surface area contributed by atoms with E-state index in [1.54, 1.807) is 13.8 Å². The minimum absolute atomic E-state index is 0. The zero-order valence-corrected chi connectivity index (χ0v) is 17.7. The van der Waals surface area contributed by atoms with Crippen LogP contribution in [0.1, 0.15) is 26.3 Å². The molecule has 25 heavy (non-hydrogen) atoms. The Bertz CT molecular complexity index is 739. The summed E-state index contributed by atoms with van der Waals surface area (Å²) >= 11 is 0. The Hall–Kier alpha value is -0.970. The predicted molar refractivity (Wildman–Crippen MR) is 106 cm³/mol. The molecule has 0 amide bonds. The summed E-state index contributed by atoms with van der Waals surface area (Å²) in [4.78, 5) is 6.33. The Morgan fingerprint density at radius 2 is 2.00 bits per heavy atom. The first kappa shape index (κ1) is 22.1. The second-order valence-electron chi connectivity index (χ2n) is 6.42. The third-order valence-electron chi connectivity index (χ3n) is 4.07. The van der Waals surface area contributed by atoms with E-state index in [9.17, 15) is 17.2 Å². The van der Waals surface area contributed by atoms with Gasteiger partial charge in [0.15, 0.2) is 27.4 Å². The van der Waals surface area contributed by atoms with Gasteiger partial charge in [0.05, 0.1) is 17.0 Å². The summed E-state index contributed by atoms with van der Waals surface area (Å²) in [6, 6.07) is 3.67. The average molecular weight is 487 g/mol. The second kappa shape index (κ2) is 8.61. The first-order valence-corrected chi connectivity index (χ1v) is 9.51. The Morgan fingerprint density at radius 3 is 2.56 bits per heavy atom. The number of sulfone groups is 1. The van der Waals surface area contributed by atoms with E-state index in [-0.39, 0.29) is 36.3 Å². The molecule has 5 nitrogen and oxygen atoms in total. The molecule has 1 aromatic rings.